The number of hydrogen-bond acceptors (Lipinski definition) is 3. The van der Waals surface area contributed by atoms with E-state index in [0.29, 0.717) is 29.5 Å². The molecule has 5 nitrogen and oxygen atoms in total. The predicted molar refractivity (Wildman–Crippen MR) is 110 cm³/mol. The topological polar surface area (TPSA) is 61.8 Å². The molecule has 2 heterocycles. The minimum absolute atomic E-state index is 0. The van der Waals surface area contributed by atoms with Crippen molar-refractivity contribution in [1.82, 2.24) is 10.2 Å². The Morgan fingerprint density at radius 2 is 1.96 bits per heavy atom. The van der Waals surface area contributed by atoms with Crippen molar-refractivity contribution in [2.75, 3.05) is 31.1 Å². The first-order valence-corrected chi connectivity index (χ1v) is 11.0. The van der Waals surface area contributed by atoms with Gasteiger partial charge in [0.1, 0.15) is 0 Å². The molecule has 0 aromatic rings. The number of aliphatic imine (C=N–C) groups is 1. The van der Waals surface area contributed by atoms with Gasteiger partial charge in [0.15, 0.2) is 15.8 Å². The Balaban J connectivity index is 0.00000208. The van der Waals surface area contributed by atoms with E-state index in [1.807, 2.05) is 0 Å². The Labute approximate surface area is 164 Å². The fourth-order valence-corrected chi connectivity index (χ4v) is 5.67. The first kappa shape index (κ1) is 20.3. The van der Waals surface area contributed by atoms with Crippen LogP contribution < -0.4 is 5.32 Å². The van der Waals surface area contributed by atoms with E-state index in [0.717, 1.165) is 25.5 Å². The molecule has 0 aromatic heterocycles. The number of hydrogen-bond donors (Lipinski definition) is 1. The molecule has 7 heteroatoms. The monoisotopic (exact) mass is 469 g/mol. The molecule has 0 bridgehead atoms. The summed E-state index contributed by atoms with van der Waals surface area (Å²) in [6, 6.07) is 0.583. The van der Waals surface area contributed by atoms with Gasteiger partial charge in [0, 0.05) is 25.7 Å². The third-order valence-electron chi connectivity index (χ3n) is 5.97. The van der Waals surface area contributed by atoms with Gasteiger partial charge in [0.25, 0.3) is 0 Å². The summed E-state index contributed by atoms with van der Waals surface area (Å²) in [5, 5.41) is 3.59. The van der Waals surface area contributed by atoms with E-state index in [2.05, 4.69) is 24.1 Å². The third-order valence-corrected chi connectivity index (χ3v) is 7.81. The van der Waals surface area contributed by atoms with Crippen LogP contribution in [0, 0.1) is 11.3 Å². The molecule has 2 saturated heterocycles. The molecule has 3 aliphatic rings. The molecule has 1 saturated carbocycles. The summed E-state index contributed by atoms with van der Waals surface area (Å²) in [5.74, 6) is 1.90. The Morgan fingerprint density at radius 1 is 1.25 bits per heavy atom. The Kier molecular flexibility index (Phi) is 6.84. The van der Waals surface area contributed by atoms with E-state index in [4.69, 9.17) is 4.99 Å². The van der Waals surface area contributed by atoms with Crippen molar-refractivity contribution >= 4 is 39.8 Å². The zero-order valence-electron chi connectivity index (χ0n) is 15.0. The minimum atomic E-state index is -2.80. The van der Waals surface area contributed by atoms with E-state index < -0.39 is 9.84 Å². The largest absolute Gasteiger partial charge is 0.354 e. The van der Waals surface area contributed by atoms with Gasteiger partial charge in [-0.05, 0) is 49.9 Å². The van der Waals surface area contributed by atoms with E-state index in [9.17, 15) is 8.42 Å². The average Bonchev–Trinajstić information content (AvgIpc) is 3.13. The van der Waals surface area contributed by atoms with E-state index in [1.54, 1.807) is 0 Å². The lowest BCUT2D eigenvalue weighted by molar-refractivity contribution is 0.275. The summed E-state index contributed by atoms with van der Waals surface area (Å²) < 4.78 is 23.2. The molecule has 140 valence electrons. The molecule has 3 fully saturated rings. The summed E-state index contributed by atoms with van der Waals surface area (Å²) in [6.07, 6.45) is 6.92. The van der Waals surface area contributed by atoms with E-state index in [-0.39, 0.29) is 29.9 Å². The van der Waals surface area contributed by atoms with Gasteiger partial charge in [-0.2, -0.15) is 0 Å². The maximum absolute atomic E-state index is 11.6. The van der Waals surface area contributed by atoms with Crippen LogP contribution in [0.25, 0.3) is 0 Å². The summed E-state index contributed by atoms with van der Waals surface area (Å²) in [6.45, 7) is 7.39. The van der Waals surface area contributed by atoms with Gasteiger partial charge in [0.2, 0.25) is 0 Å². The number of halogens is 1. The number of rotatable bonds is 5. The molecule has 1 aliphatic carbocycles. The quantitative estimate of drug-likeness (QED) is 0.382. The molecule has 1 atom stereocenters. The molecule has 3 rings (SSSR count). The van der Waals surface area contributed by atoms with Crippen molar-refractivity contribution < 1.29 is 8.42 Å². The Hall–Kier alpha value is -0.0500. The molecule has 0 amide bonds. The van der Waals surface area contributed by atoms with Crippen LogP contribution in [0.5, 0.6) is 0 Å². The van der Waals surface area contributed by atoms with Gasteiger partial charge < -0.3 is 10.2 Å². The smallest absolute Gasteiger partial charge is 0.194 e. The molecule has 2 aliphatic heterocycles. The minimum Gasteiger partial charge on any atom is -0.354 e. The summed E-state index contributed by atoms with van der Waals surface area (Å²) in [4.78, 5) is 7.25. The lowest BCUT2D eigenvalue weighted by Crippen LogP contribution is -2.42. The Morgan fingerprint density at radius 3 is 2.46 bits per heavy atom. The SMILES string of the molecule is CCC1(CC)CCN(C(=NCC2CCS(=O)(=O)C2)NC2CC2)C1.I. The van der Waals surface area contributed by atoms with Crippen molar-refractivity contribution in [3.63, 3.8) is 0 Å². The van der Waals surface area contributed by atoms with Crippen molar-refractivity contribution in [2.24, 2.45) is 16.3 Å². The number of sulfone groups is 1. The molecule has 0 aromatic carbocycles. The van der Waals surface area contributed by atoms with E-state index >= 15 is 0 Å². The zero-order chi connectivity index (χ0) is 16.5. The summed E-state index contributed by atoms with van der Waals surface area (Å²) in [7, 11) is -2.80. The number of nitrogens with zero attached hydrogens (tertiary/aromatic N) is 2. The van der Waals surface area contributed by atoms with Gasteiger partial charge in [-0.3, -0.25) is 4.99 Å². The second-order valence-corrected chi connectivity index (χ2v) is 9.96. The van der Waals surface area contributed by atoms with Gasteiger partial charge in [-0.25, -0.2) is 8.42 Å². The highest BCUT2D eigenvalue weighted by Crippen LogP contribution is 2.37. The summed E-state index contributed by atoms with van der Waals surface area (Å²) >= 11 is 0. The second kappa shape index (κ2) is 8.10. The second-order valence-electron chi connectivity index (χ2n) is 7.73. The van der Waals surface area contributed by atoms with Gasteiger partial charge in [-0.15, -0.1) is 24.0 Å². The van der Waals surface area contributed by atoms with Crippen LogP contribution in [0.4, 0.5) is 0 Å². The van der Waals surface area contributed by atoms with Crippen LogP contribution in [0.15, 0.2) is 4.99 Å². The number of likely N-dealkylation sites (tertiary alicyclic amines) is 1. The molecular weight excluding hydrogens is 437 g/mol. The lowest BCUT2D eigenvalue weighted by atomic mass is 9.82. The fourth-order valence-electron chi connectivity index (χ4n) is 3.82. The van der Waals surface area contributed by atoms with Crippen molar-refractivity contribution in [1.29, 1.82) is 0 Å². The lowest BCUT2D eigenvalue weighted by Gasteiger charge is -2.28. The van der Waals surface area contributed by atoms with Crippen LogP contribution >= 0.6 is 24.0 Å². The van der Waals surface area contributed by atoms with Crippen molar-refractivity contribution in [2.45, 2.75) is 58.4 Å². The molecule has 24 heavy (non-hydrogen) atoms. The summed E-state index contributed by atoms with van der Waals surface area (Å²) in [5.41, 5.74) is 0.433. The van der Waals surface area contributed by atoms with Gasteiger partial charge in [0.05, 0.1) is 11.5 Å². The normalized spacial score (nSPS) is 28.7. The average molecular weight is 469 g/mol. The highest BCUT2D eigenvalue weighted by molar-refractivity contribution is 14.0. The first-order valence-electron chi connectivity index (χ1n) is 9.21. The predicted octanol–water partition coefficient (Wildman–Crippen LogP) is 2.66. The van der Waals surface area contributed by atoms with Crippen LogP contribution in [0.3, 0.4) is 0 Å². The zero-order valence-corrected chi connectivity index (χ0v) is 18.1. The first-order chi connectivity index (χ1) is 11.0. The fraction of sp³-hybridized carbons (Fsp3) is 0.941. The van der Waals surface area contributed by atoms with Crippen LogP contribution in [0.1, 0.15) is 52.4 Å². The highest BCUT2D eigenvalue weighted by atomic mass is 127. The number of nitrogens with one attached hydrogen (secondary N) is 1. The molecule has 1 unspecified atom stereocenters. The molecule has 0 spiro atoms. The maximum atomic E-state index is 11.6. The third kappa shape index (κ3) is 4.99. The highest BCUT2D eigenvalue weighted by Gasteiger charge is 2.37. The van der Waals surface area contributed by atoms with Crippen molar-refractivity contribution in [3.05, 3.63) is 0 Å². The maximum Gasteiger partial charge on any atom is 0.194 e. The van der Waals surface area contributed by atoms with Gasteiger partial charge in [-0.1, -0.05) is 13.8 Å². The molecule has 1 N–H and O–H groups in total. The van der Waals surface area contributed by atoms with Crippen LogP contribution in [-0.4, -0.2) is 56.5 Å². The van der Waals surface area contributed by atoms with Crippen LogP contribution in [-0.2, 0) is 9.84 Å². The van der Waals surface area contributed by atoms with Gasteiger partial charge >= 0.3 is 0 Å². The van der Waals surface area contributed by atoms with E-state index in [1.165, 1.54) is 32.1 Å². The standard InChI is InChI=1S/C17H31N3O2S.HI/c1-3-17(4-2)8-9-20(13-17)16(19-15-5-6-15)18-11-14-7-10-23(21,22)12-14;/h14-15H,3-13H2,1-2H3,(H,18,19);1H. The number of guanidine groups is 1. The van der Waals surface area contributed by atoms with Crippen molar-refractivity contribution in [3.8, 4) is 0 Å². The van der Waals surface area contributed by atoms with Crippen LogP contribution in [0.2, 0.25) is 0 Å². The molecule has 0 radical (unpaired) electrons. The Bertz CT molecular complexity index is 556. The molecular formula is C17H32IN3O2S.